The van der Waals surface area contributed by atoms with E-state index in [1.54, 1.807) is 18.2 Å². The van der Waals surface area contributed by atoms with Gasteiger partial charge in [0.05, 0.1) is 29.4 Å². The topological polar surface area (TPSA) is 50.4 Å². The lowest BCUT2D eigenvalue weighted by atomic mass is 9.98. The molecule has 0 heterocycles. The number of carbonyl (C=O) groups is 1. The van der Waals surface area contributed by atoms with Gasteiger partial charge in [-0.05, 0) is 48.5 Å². The number of thiocarbonyl (C=S) groups is 1. The monoisotopic (exact) mass is 424 g/mol. The quantitative estimate of drug-likeness (QED) is 0.417. The molecule has 6 heteroatoms. The van der Waals surface area contributed by atoms with E-state index < -0.39 is 5.97 Å². The Bertz CT molecular complexity index is 1010. The molecule has 0 bridgehead atoms. The number of anilines is 1. The van der Waals surface area contributed by atoms with Crippen LogP contribution in [0.5, 0.6) is 0 Å². The second kappa shape index (κ2) is 9.54. The van der Waals surface area contributed by atoms with E-state index in [0.29, 0.717) is 21.4 Å². The van der Waals surface area contributed by atoms with E-state index in [9.17, 15) is 4.79 Å². The van der Waals surface area contributed by atoms with Crippen molar-refractivity contribution in [3.63, 3.8) is 0 Å². The van der Waals surface area contributed by atoms with Crippen LogP contribution in [0.4, 0.5) is 5.69 Å². The molecular weight excluding hydrogens is 404 g/mol. The summed E-state index contributed by atoms with van der Waals surface area (Å²) in [6.45, 7) is 2.05. The molecule has 0 aromatic heterocycles. The summed E-state index contributed by atoms with van der Waals surface area (Å²) in [5.41, 5.74) is 4.27. The maximum Gasteiger partial charge on any atom is 0.337 e. The minimum absolute atomic E-state index is 0.139. The van der Waals surface area contributed by atoms with Crippen LogP contribution in [0.25, 0.3) is 0 Å². The fourth-order valence-electron chi connectivity index (χ4n) is 2.92. The fourth-order valence-corrected chi connectivity index (χ4v) is 3.31. The molecule has 1 atom stereocenters. The molecule has 148 valence electrons. The third-order valence-electron chi connectivity index (χ3n) is 4.45. The predicted molar refractivity (Wildman–Crippen MR) is 122 cm³/mol. The summed E-state index contributed by atoms with van der Waals surface area (Å²) in [7, 11) is 1.34. The number of carbonyl (C=O) groups excluding carboxylic acids is 1. The number of methoxy groups -OCH3 is 1. The first-order valence-electron chi connectivity index (χ1n) is 9.05. The van der Waals surface area contributed by atoms with Gasteiger partial charge in [0.1, 0.15) is 0 Å². The molecule has 0 aliphatic carbocycles. The van der Waals surface area contributed by atoms with Crippen molar-refractivity contribution < 1.29 is 9.53 Å². The van der Waals surface area contributed by atoms with Gasteiger partial charge in [0, 0.05) is 0 Å². The van der Waals surface area contributed by atoms with Crippen molar-refractivity contribution in [2.45, 2.75) is 13.0 Å². The average Bonchev–Trinajstić information content (AvgIpc) is 2.74. The lowest BCUT2D eigenvalue weighted by Gasteiger charge is -2.22. The van der Waals surface area contributed by atoms with Crippen molar-refractivity contribution in [3.05, 3.63) is 100 Å². The minimum atomic E-state index is -0.439. The summed E-state index contributed by atoms with van der Waals surface area (Å²) in [6, 6.07) is 23.1. The number of nitrogens with one attached hydrogen (secondary N) is 2. The molecule has 0 saturated carbocycles. The number of hydrogen-bond acceptors (Lipinski definition) is 3. The number of halogens is 1. The van der Waals surface area contributed by atoms with Gasteiger partial charge in [-0.2, -0.15) is 0 Å². The van der Waals surface area contributed by atoms with Crippen LogP contribution in [0.1, 0.15) is 33.1 Å². The van der Waals surface area contributed by atoms with Crippen molar-refractivity contribution in [2.75, 3.05) is 12.4 Å². The van der Waals surface area contributed by atoms with Gasteiger partial charge in [0.25, 0.3) is 0 Å². The van der Waals surface area contributed by atoms with Gasteiger partial charge < -0.3 is 15.4 Å². The molecule has 1 unspecified atom stereocenters. The molecular formula is C23H21ClN2O2S. The van der Waals surface area contributed by atoms with Crippen molar-refractivity contribution in [2.24, 2.45) is 0 Å². The van der Waals surface area contributed by atoms with E-state index in [1.165, 1.54) is 12.7 Å². The number of hydrogen-bond donors (Lipinski definition) is 2. The van der Waals surface area contributed by atoms with Gasteiger partial charge in [-0.3, -0.25) is 0 Å². The molecule has 2 N–H and O–H groups in total. The van der Waals surface area contributed by atoms with E-state index in [-0.39, 0.29) is 6.04 Å². The Labute approximate surface area is 180 Å². The number of aryl methyl sites for hydroxylation is 1. The van der Waals surface area contributed by atoms with E-state index in [2.05, 4.69) is 41.8 Å². The smallest absolute Gasteiger partial charge is 0.337 e. The highest BCUT2D eigenvalue weighted by Crippen LogP contribution is 2.25. The highest BCUT2D eigenvalue weighted by Gasteiger charge is 2.16. The molecule has 3 aromatic carbocycles. The van der Waals surface area contributed by atoms with Gasteiger partial charge in [-0.15, -0.1) is 0 Å². The summed E-state index contributed by atoms with van der Waals surface area (Å²) >= 11 is 11.8. The second-order valence-electron chi connectivity index (χ2n) is 6.54. The molecule has 0 aliphatic heterocycles. The van der Waals surface area contributed by atoms with Crippen LogP contribution in [-0.2, 0) is 4.74 Å². The maximum atomic E-state index is 11.8. The van der Waals surface area contributed by atoms with Crippen molar-refractivity contribution in [3.8, 4) is 0 Å². The third kappa shape index (κ3) is 5.34. The van der Waals surface area contributed by atoms with Gasteiger partial charge in [-0.1, -0.05) is 71.8 Å². The Morgan fingerprint density at radius 2 is 1.66 bits per heavy atom. The van der Waals surface area contributed by atoms with Crippen molar-refractivity contribution in [1.82, 2.24) is 5.32 Å². The Morgan fingerprint density at radius 1 is 1.00 bits per heavy atom. The molecule has 0 spiro atoms. The summed E-state index contributed by atoms with van der Waals surface area (Å²) in [5, 5.41) is 7.29. The summed E-state index contributed by atoms with van der Waals surface area (Å²) in [6.07, 6.45) is 0. The van der Waals surface area contributed by atoms with Crippen molar-refractivity contribution >= 4 is 40.6 Å². The van der Waals surface area contributed by atoms with Crippen LogP contribution in [0.3, 0.4) is 0 Å². The number of benzene rings is 3. The predicted octanol–water partition coefficient (Wildman–Crippen LogP) is 5.51. The molecule has 3 aromatic rings. The molecule has 0 saturated heterocycles. The molecule has 3 rings (SSSR count). The number of esters is 1. The van der Waals surface area contributed by atoms with Crippen LogP contribution < -0.4 is 10.6 Å². The second-order valence-corrected chi connectivity index (χ2v) is 7.35. The number of rotatable bonds is 5. The Balaban J connectivity index is 1.84. The maximum absolute atomic E-state index is 11.8. The zero-order valence-electron chi connectivity index (χ0n) is 16.1. The lowest BCUT2D eigenvalue weighted by Crippen LogP contribution is -2.33. The summed E-state index contributed by atoms with van der Waals surface area (Å²) < 4.78 is 4.77. The Morgan fingerprint density at radius 3 is 2.31 bits per heavy atom. The summed E-state index contributed by atoms with van der Waals surface area (Å²) in [4.78, 5) is 11.8. The van der Waals surface area contributed by atoms with Crippen LogP contribution >= 0.6 is 23.8 Å². The zero-order valence-corrected chi connectivity index (χ0v) is 17.7. The van der Waals surface area contributed by atoms with Crippen LogP contribution in [0.2, 0.25) is 5.02 Å². The van der Waals surface area contributed by atoms with Gasteiger partial charge >= 0.3 is 5.97 Å². The summed E-state index contributed by atoms with van der Waals surface area (Å²) in [5.74, 6) is -0.439. The van der Waals surface area contributed by atoms with Crippen LogP contribution in [0.15, 0.2) is 72.8 Å². The Hall–Kier alpha value is -2.89. The molecule has 0 aliphatic rings. The van der Waals surface area contributed by atoms with E-state index in [4.69, 9.17) is 28.6 Å². The third-order valence-corrected chi connectivity index (χ3v) is 5.00. The largest absolute Gasteiger partial charge is 0.465 e. The highest BCUT2D eigenvalue weighted by molar-refractivity contribution is 7.80. The van der Waals surface area contributed by atoms with E-state index in [1.807, 2.05) is 30.3 Å². The van der Waals surface area contributed by atoms with Gasteiger partial charge in [0.15, 0.2) is 5.11 Å². The fraction of sp³-hybridized carbons (Fsp3) is 0.130. The average molecular weight is 425 g/mol. The zero-order chi connectivity index (χ0) is 20.8. The molecule has 29 heavy (non-hydrogen) atoms. The first-order chi connectivity index (χ1) is 14.0. The minimum Gasteiger partial charge on any atom is -0.465 e. The highest BCUT2D eigenvalue weighted by atomic mass is 35.5. The normalized spacial score (nSPS) is 11.4. The first-order valence-corrected chi connectivity index (χ1v) is 9.83. The van der Waals surface area contributed by atoms with Gasteiger partial charge in [0.2, 0.25) is 0 Å². The van der Waals surface area contributed by atoms with E-state index >= 15 is 0 Å². The molecule has 4 nitrogen and oxygen atoms in total. The van der Waals surface area contributed by atoms with E-state index in [0.717, 1.165) is 11.1 Å². The molecule has 0 amide bonds. The lowest BCUT2D eigenvalue weighted by molar-refractivity contribution is 0.0601. The number of ether oxygens (including phenoxy) is 1. The molecule has 0 fully saturated rings. The molecule has 0 radical (unpaired) electrons. The SMILES string of the molecule is COC(=O)c1ccc(Cl)c(NC(=S)NC(c2ccccc2)c2ccc(C)cc2)c1. The van der Waals surface area contributed by atoms with Crippen LogP contribution in [0, 0.1) is 6.92 Å². The Kier molecular flexibility index (Phi) is 6.86. The van der Waals surface area contributed by atoms with Crippen LogP contribution in [-0.4, -0.2) is 18.2 Å². The standard InChI is InChI=1S/C23H21ClN2O2S/c1-15-8-10-17(11-9-15)21(16-6-4-3-5-7-16)26-23(29)25-20-14-18(22(27)28-2)12-13-19(20)24/h3-14,21H,1-2H3,(H2,25,26,29). The van der Waals surface area contributed by atoms with Gasteiger partial charge in [-0.25, -0.2) is 4.79 Å². The van der Waals surface area contributed by atoms with Crippen molar-refractivity contribution in [1.29, 1.82) is 0 Å². The first kappa shape index (κ1) is 20.8.